The van der Waals surface area contributed by atoms with E-state index in [1.54, 1.807) is 12.5 Å². The fraction of sp³-hybridized carbons (Fsp3) is 0.556. The Labute approximate surface area is 76.3 Å². The molecule has 4 rings (SSSR count). The summed E-state index contributed by atoms with van der Waals surface area (Å²) in [5.74, 6) is 0. The third-order valence-corrected chi connectivity index (χ3v) is 2.78. The van der Waals surface area contributed by atoms with Crippen LogP contribution in [0.5, 0.6) is 0 Å². The molecule has 3 saturated heterocycles. The molecule has 13 heavy (non-hydrogen) atoms. The Balaban J connectivity index is 1.93. The van der Waals surface area contributed by atoms with Gasteiger partial charge >= 0.3 is 0 Å². The van der Waals surface area contributed by atoms with Gasteiger partial charge in [-0.15, -0.1) is 0 Å². The van der Waals surface area contributed by atoms with Crippen molar-refractivity contribution in [3.63, 3.8) is 0 Å². The van der Waals surface area contributed by atoms with Gasteiger partial charge in [-0.3, -0.25) is 0 Å². The van der Waals surface area contributed by atoms with Crippen molar-refractivity contribution in [1.29, 1.82) is 0 Å². The molecule has 1 N–H and O–H groups in total. The van der Waals surface area contributed by atoms with Gasteiger partial charge in [0.05, 0.1) is 11.8 Å². The molecule has 3 fully saturated rings. The number of piperidine rings is 1. The van der Waals surface area contributed by atoms with E-state index >= 15 is 0 Å². The minimum absolute atomic E-state index is 0.147. The fourth-order valence-corrected chi connectivity index (χ4v) is 2.16. The second-order valence-corrected chi connectivity index (χ2v) is 3.66. The summed E-state index contributed by atoms with van der Waals surface area (Å²) in [7, 11) is 0. The zero-order chi connectivity index (χ0) is 8.73. The number of morpholine rings is 1. The van der Waals surface area contributed by atoms with Crippen LogP contribution in [0.15, 0.2) is 18.6 Å². The predicted molar refractivity (Wildman–Crippen MR) is 46.1 cm³/mol. The monoisotopic (exact) mass is 177 g/mol. The van der Waals surface area contributed by atoms with Crippen LogP contribution in [0.1, 0.15) is 12.1 Å². The maximum absolute atomic E-state index is 5.80. The van der Waals surface area contributed by atoms with Gasteiger partial charge < -0.3 is 10.1 Å². The van der Waals surface area contributed by atoms with E-state index in [9.17, 15) is 0 Å². The van der Waals surface area contributed by atoms with E-state index in [4.69, 9.17) is 4.74 Å². The molecular formula is C9H11N3O. The van der Waals surface area contributed by atoms with Gasteiger partial charge in [0.1, 0.15) is 11.9 Å². The fourth-order valence-electron chi connectivity index (χ4n) is 2.16. The molecule has 4 heteroatoms. The molecule has 2 bridgehead atoms. The zero-order valence-corrected chi connectivity index (χ0v) is 7.23. The first-order valence-electron chi connectivity index (χ1n) is 4.54. The van der Waals surface area contributed by atoms with Gasteiger partial charge in [0, 0.05) is 25.7 Å². The van der Waals surface area contributed by atoms with Crippen LogP contribution < -0.4 is 5.32 Å². The average Bonchev–Trinajstić information content (AvgIpc) is 2.19. The SMILES string of the molecule is c1cc(C23CNCC(C2)O3)ncn1. The minimum Gasteiger partial charge on any atom is -0.363 e. The van der Waals surface area contributed by atoms with E-state index in [1.807, 2.05) is 6.07 Å². The molecule has 0 saturated carbocycles. The molecule has 0 amide bonds. The van der Waals surface area contributed by atoms with Crippen molar-refractivity contribution < 1.29 is 4.74 Å². The van der Waals surface area contributed by atoms with Crippen molar-refractivity contribution in [1.82, 2.24) is 15.3 Å². The first kappa shape index (κ1) is 7.41. The second kappa shape index (κ2) is 2.49. The van der Waals surface area contributed by atoms with Crippen LogP contribution in [0.2, 0.25) is 0 Å². The Morgan fingerprint density at radius 2 is 2.54 bits per heavy atom. The molecule has 0 spiro atoms. The number of hydrogen-bond donors (Lipinski definition) is 1. The van der Waals surface area contributed by atoms with Gasteiger partial charge in [-0.25, -0.2) is 9.97 Å². The standard InChI is InChI=1S/C9H11N3O/c1-2-10-6-12-8(1)9-3-7(13-9)4-11-5-9/h1-2,6-7,11H,3-5H2. The Morgan fingerprint density at radius 3 is 3.15 bits per heavy atom. The number of ether oxygens (including phenoxy) is 1. The first-order valence-corrected chi connectivity index (χ1v) is 4.54. The highest BCUT2D eigenvalue weighted by molar-refractivity contribution is 5.18. The third-order valence-electron chi connectivity index (χ3n) is 2.78. The highest BCUT2D eigenvalue weighted by atomic mass is 16.5. The largest absolute Gasteiger partial charge is 0.363 e. The molecule has 1 aromatic rings. The molecule has 4 nitrogen and oxygen atoms in total. The van der Waals surface area contributed by atoms with Gasteiger partial charge in [-0.05, 0) is 6.07 Å². The Morgan fingerprint density at radius 1 is 1.62 bits per heavy atom. The van der Waals surface area contributed by atoms with Crippen molar-refractivity contribution in [2.45, 2.75) is 18.1 Å². The van der Waals surface area contributed by atoms with E-state index < -0.39 is 0 Å². The topological polar surface area (TPSA) is 47.0 Å². The lowest BCUT2D eigenvalue weighted by atomic mass is 9.82. The van der Waals surface area contributed by atoms with Gasteiger partial charge in [0.15, 0.2) is 0 Å². The normalized spacial score (nSPS) is 36.8. The van der Waals surface area contributed by atoms with Crippen molar-refractivity contribution in [2.24, 2.45) is 0 Å². The number of nitrogens with one attached hydrogen (secondary N) is 1. The predicted octanol–water partition coefficient (Wildman–Crippen LogP) is 0.0640. The molecule has 3 aliphatic rings. The maximum atomic E-state index is 5.80. The molecule has 0 aliphatic carbocycles. The van der Waals surface area contributed by atoms with Crippen molar-refractivity contribution in [3.8, 4) is 0 Å². The first-order chi connectivity index (χ1) is 6.39. The summed E-state index contributed by atoms with van der Waals surface area (Å²) in [6.07, 6.45) is 4.83. The number of rotatable bonds is 1. The van der Waals surface area contributed by atoms with Crippen LogP contribution in [-0.4, -0.2) is 29.2 Å². The Kier molecular flexibility index (Phi) is 1.42. The second-order valence-electron chi connectivity index (χ2n) is 3.66. The van der Waals surface area contributed by atoms with Gasteiger partial charge in [-0.1, -0.05) is 0 Å². The van der Waals surface area contributed by atoms with E-state index in [0.29, 0.717) is 6.10 Å². The van der Waals surface area contributed by atoms with Crippen molar-refractivity contribution in [3.05, 3.63) is 24.3 Å². The van der Waals surface area contributed by atoms with Gasteiger partial charge in [0.25, 0.3) is 0 Å². The smallest absolute Gasteiger partial charge is 0.125 e. The summed E-state index contributed by atoms with van der Waals surface area (Å²) in [5, 5.41) is 3.34. The quantitative estimate of drug-likeness (QED) is 0.659. The average molecular weight is 177 g/mol. The van der Waals surface area contributed by atoms with Crippen molar-refractivity contribution >= 4 is 0 Å². The zero-order valence-electron chi connectivity index (χ0n) is 7.23. The summed E-state index contributed by atoms with van der Waals surface area (Å²) in [4.78, 5) is 8.14. The van der Waals surface area contributed by atoms with Crippen molar-refractivity contribution in [2.75, 3.05) is 13.1 Å². The molecule has 0 aromatic carbocycles. The van der Waals surface area contributed by atoms with Gasteiger partial charge in [0.2, 0.25) is 0 Å². The minimum atomic E-state index is -0.147. The summed E-state index contributed by atoms with van der Waals surface area (Å²) < 4.78 is 5.80. The maximum Gasteiger partial charge on any atom is 0.125 e. The van der Waals surface area contributed by atoms with Gasteiger partial charge in [-0.2, -0.15) is 0 Å². The molecule has 2 unspecified atom stereocenters. The Hall–Kier alpha value is -1.00. The molecular weight excluding hydrogens is 166 g/mol. The van der Waals surface area contributed by atoms with Crippen LogP contribution >= 0.6 is 0 Å². The number of nitrogens with zero attached hydrogens (tertiary/aromatic N) is 2. The van der Waals surface area contributed by atoms with E-state index in [-0.39, 0.29) is 5.60 Å². The number of fused-ring (bicyclic) bond motifs is 2. The molecule has 0 radical (unpaired) electrons. The highest BCUT2D eigenvalue weighted by Crippen LogP contribution is 2.42. The van der Waals surface area contributed by atoms with E-state index in [1.165, 1.54) is 0 Å². The lowest BCUT2D eigenvalue weighted by Crippen LogP contribution is -2.63. The van der Waals surface area contributed by atoms with Crippen LogP contribution in [-0.2, 0) is 10.3 Å². The summed E-state index contributed by atoms with van der Waals surface area (Å²) >= 11 is 0. The van der Waals surface area contributed by atoms with Crippen LogP contribution in [0, 0.1) is 0 Å². The molecule has 3 aliphatic heterocycles. The lowest BCUT2D eigenvalue weighted by Gasteiger charge is -2.51. The van der Waals surface area contributed by atoms with Crippen LogP contribution in [0.4, 0.5) is 0 Å². The van der Waals surface area contributed by atoms with E-state index in [2.05, 4.69) is 15.3 Å². The molecule has 2 atom stereocenters. The highest BCUT2D eigenvalue weighted by Gasteiger charge is 2.50. The third kappa shape index (κ3) is 0.990. The molecule has 68 valence electrons. The van der Waals surface area contributed by atoms with E-state index in [0.717, 1.165) is 25.2 Å². The summed E-state index contributed by atoms with van der Waals surface area (Å²) in [6, 6.07) is 1.93. The van der Waals surface area contributed by atoms with Crippen LogP contribution in [0.3, 0.4) is 0 Å². The van der Waals surface area contributed by atoms with Crippen LogP contribution in [0.25, 0.3) is 0 Å². The lowest BCUT2D eigenvalue weighted by molar-refractivity contribution is -0.233. The molecule has 1 aromatic heterocycles. The molecule has 4 heterocycles. The summed E-state index contributed by atoms with van der Waals surface area (Å²) in [6.45, 7) is 1.85. The summed E-state index contributed by atoms with van der Waals surface area (Å²) in [5.41, 5.74) is 0.859. The number of hydrogen-bond acceptors (Lipinski definition) is 4. The Bertz CT molecular complexity index is 302. The number of aromatic nitrogens is 2.